The zero-order valence-electron chi connectivity index (χ0n) is 7.28. The van der Waals surface area contributed by atoms with Gasteiger partial charge in [0.25, 0.3) is 0 Å². The van der Waals surface area contributed by atoms with Crippen molar-refractivity contribution in [1.29, 1.82) is 0 Å². The molecule has 2 nitrogen and oxygen atoms in total. The Kier molecular flexibility index (Phi) is 2.32. The van der Waals surface area contributed by atoms with E-state index in [0.717, 1.165) is 0 Å². The first-order valence-corrected chi connectivity index (χ1v) is 4.17. The van der Waals surface area contributed by atoms with Crippen LogP contribution in [0, 0.1) is 0 Å². The lowest BCUT2D eigenvalue weighted by molar-refractivity contribution is 0.0491. The zero-order valence-corrected chi connectivity index (χ0v) is 7.28. The number of nitrogens with one attached hydrogen (secondary N) is 1. The van der Waals surface area contributed by atoms with E-state index in [1.807, 2.05) is 0 Å². The number of rotatable bonds is 3. The van der Waals surface area contributed by atoms with E-state index >= 15 is 0 Å². The van der Waals surface area contributed by atoms with Gasteiger partial charge >= 0.3 is 0 Å². The van der Waals surface area contributed by atoms with Gasteiger partial charge in [-0.05, 0) is 20.0 Å². The Labute approximate surface area is 63.6 Å². The van der Waals surface area contributed by atoms with Crippen LogP contribution in [0.3, 0.4) is 0 Å². The second kappa shape index (κ2) is 2.89. The monoisotopic (exact) mass is 142 g/mol. The molecular formula is C8H18N2. The van der Waals surface area contributed by atoms with Crippen LogP contribution in [-0.2, 0) is 0 Å². The van der Waals surface area contributed by atoms with Gasteiger partial charge in [-0.2, -0.15) is 0 Å². The van der Waals surface area contributed by atoms with Crippen LogP contribution >= 0.6 is 0 Å². The Balaban J connectivity index is 2.31. The summed E-state index contributed by atoms with van der Waals surface area (Å²) in [7, 11) is 2.07. The lowest BCUT2D eigenvalue weighted by Gasteiger charge is -2.49. The van der Waals surface area contributed by atoms with Crippen molar-refractivity contribution in [3.05, 3.63) is 0 Å². The summed E-state index contributed by atoms with van der Waals surface area (Å²) in [6.45, 7) is 8.13. The normalized spacial score (nSPS) is 24.3. The molecule has 0 aliphatic carbocycles. The van der Waals surface area contributed by atoms with E-state index in [4.69, 9.17) is 0 Å². The minimum absolute atomic E-state index is 0.454. The molecule has 1 fully saturated rings. The molecule has 0 amide bonds. The first-order valence-electron chi connectivity index (χ1n) is 4.17. The van der Waals surface area contributed by atoms with Crippen molar-refractivity contribution in [3.8, 4) is 0 Å². The van der Waals surface area contributed by atoms with E-state index in [2.05, 4.69) is 31.1 Å². The van der Waals surface area contributed by atoms with E-state index < -0.39 is 0 Å². The highest BCUT2D eigenvalue weighted by atomic mass is 15.3. The van der Waals surface area contributed by atoms with E-state index in [-0.39, 0.29) is 0 Å². The van der Waals surface area contributed by atoms with Crippen LogP contribution in [0.4, 0.5) is 0 Å². The maximum absolute atomic E-state index is 3.39. The summed E-state index contributed by atoms with van der Waals surface area (Å²) >= 11 is 0. The quantitative estimate of drug-likeness (QED) is 0.623. The van der Waals surface area contributed by atoms with Crippen molar-refractivity contribution in [1.82, 2.24) is 10.2 Å². The van der Waals surface area contributed by atoms with Gasteiger partial charge in [-0.15, -0.1) is 0 Å². The third-order valence-electron chi connectivity index (χ3n) is 2.71. The first kappa shape index (κ1) is 8.02. The van der Waals surface area contributed by atoms with Gasteiger partial charge < -0.3 is 5.32 Å². The van der Waals surface area contributed by atoms with E-state index in [0.29, 0.717) is 5.54 Å². The molecule has 2 heteroatoms. The molecule has 1 aliphatic rings. The van der Waals surface area contributed by atoms with Crippen molar-refractivity contribution in [2.24, 2.45) is 0 Å². The Morgan fingerprint density at radius 2 is 2.00 bits per heavy atom. The number of likely N-dealkylation sites (tertiary alicyclic amines) is 1. The van der Waals surface area contributed by atoms with Crippen molar-refractivity contribution in [2.45, 2.75) is 25.8 Å². The maximum atomic E-state index is 3.39. The number of likely N-dealkylation sites (N-methyl/N-ethyl adjacent to an activating group) is 2. The molecule has 1 aliphatic heterocycles. The summed E-state index contributed by atoms with van der Waals surface area (Å²) in [5, 5.41) is 3.39. The van der Waals surface area contributed by atoms with Crippen molar-refractivity contribution >= 4 is 0 Å². The van der Waals surface area contributed by atoms with E-state index in [1.165, 1.54) is 26.1 Å². The SMILES string of the molecule is CCN1CC(CC)(NC)C1. The highest BCUT2D eigenvalue weighted by molar-refractivity contribution is 5.00. The topological polar surface area (TPSA) is 15.3 Å². The predicted molar refractivity (Wildman–Crippen MR) is 44.2 cm³/mol. The second-order valence-electron chi connectivity index (χ2n) is 3.19. The Morgan fingerprint density at radius 3 is 2.30 bits per heavy atom. The molecule has 0 radical (unpaired) electrons. The fraction of sp³-hybridized carbons (Fsp3) is 1.00. The molecule has 0 unspecified atom stereocenters. The summed E-state index contributed by atoms with van der Waals surface area (Å²) in [5.74, 6) is 0. The zero-order chi connectivity index (χ0) is 7.61. The van der Waals surface area contributed by atoms with Crippen LogP contribution in [-0.4, -0.2) is 37.1 Å². The third kappa shape index (κ3) is 1.18. The average molecular weight is 142 g/mol. The summed E-state index contributed by atoms with van der Waals surface area (Å²) in [6, 6.07) is 0. The Bertz CT molecular complexity index is 99.8. The molecule has 1 heterocycles. The van der Waals surface area contributed by atoms with Crippen LogP contribution in [0.25, 0.3) is 0 Å². The molecule has 0 aromatic heterocycles. The Morgan fingerprint density at radius 1 is 1.40 bits per heavy atom. The summed E-state index contributed by atoms with van der Waals surface area (Å²) in [5.41, 5.74) is 0.454. The van der Waals surface area contributed by atoms with Crippen molar-refractivity contribution in [2.75, 3.05) is 26.7 Å². The lowest BCUT2D eigenvalue weighted by atomic mass is 9.87. The smallest absolute Gasteiger partial charge is 0.0432 e. The number of nitrogens with zero attached hydrogens (tertiary/aromatic N) is 1. The van der Waals surface area contributed by atoms with Crippen LogP contribution in [0.5, 0.6) is 0 Å². The highest BCUT2D eigenvalue weighted by Gasteiger charge is 2.38. The molecule has 0 bridgehead atoms. The fourth-order valence-electron chi connectivity index (χ4n) is 1.59. The number of hydrogen-bond donors (Lipinski definition) is 1. The lowest BCUT2D eigenvalue weighted by Crippen LogP contribution is -2.67. The molecule has 1 saturated heterocycles. The maximum Gasteiger partial charge on any atom is 0.0432 e. The van der Waals surface area contributed by atoms with Gasteiger partial charge in [0, 0.05) is 18.6 Å². The average Bonchev–Trinajstić information content (AvgIpc) is 1.89. The minimum Gasteiger partial charge on any atom is -0.312 e. The predicted octanol–water partition coefficient (Wildman–Crippen LogP) is 0.690. The van der Waals surface area contributed by atoms with Crippen molar-refractivity contribution < 1.29 is 0 Å². The van der Waals surface area contributed by atoms with Crippen LogP contribution in [0.1, 0.15) is 20.3 Å². The van der Waals surface area contributed by atoms with Crippen LogP contribution < -0.4 is 5.32 Å². The van der Waals surface area contributed by atoms with Crippen molar-refractivity contribution in [3.63, 3.8) is 0 Å². The third-order valence-corrected chi connectivity index (χ3v) is 2.71. The van der Waals surface area contributed by atoms with Gasteiger partial charge in [-0.25, -0.2) is 0 Å². The fourth-order valence-corrected chi connectivity index (χ4v) is 1.59. The molecule has 1 N–H and O–H groups in total. The van der Waals surface area contributed by atoms with Gasteiger partial charge in [0.1, 0.15) is 0 Å². The molecular weight excluding hydrogens is 124 g/mol. The van der Waals surface area contributed by atoms with E-state index in [9.17, 15) is 0 Å². The summed E-state index contributed by atoms with van der Waals surface area (Å²) in [6.07, 6.45) is 1.25. The molecule has 0 aromatic rings. The summed E-state index contributed by atoms with van der Waals surface area (Å²) in [4.78, 5) is 2.46. The minimum atomic E-state index is 0.454. The summed E-state index contributed by atoms with van der Waals surface area (Å²) < 4.78 is 0. The van der Waals surface area contributed by atoms with E-state index in [1.54, 1.807) is 0 Å². The van der Waals surface area contributed by atoms with Gasteiger partial charge in [-0.3, -0.25) is 4.90 Å². The molecule has 0 saturated carbocycles. The van der Waals surface area contributed by atoms with Gasteiger partial charge in [0.15, 0.2) is 0 Å². The largest absolute Gasteiger partial charge is 0.312 e. The van der Waals surface area contributed by atoms with Gasteiger partial charge in [0.05, 0.1) is 0 Å². The number of hydrogen-bond acceptors (Lipinski definition) is 2. The van der Waals surface area contributed by atoms with Gasteiger partial charge in [-0.1, -0.05) is 13.8 Å². The molecule has 0 aromatic carbocycles. The molecule has 60 valence electrons. The second-order valence-corrected chi connectivity index (χ2v) is 3.19. The standard InChI is InChI=1S/C8H18N2/c1-4-8(9-3)6-10(5-2)7-8/h9H,4-7H2,1-3H3. The van der Waals surface area contributed by atoms with Crippen LogP contribution in [0.2, 0.25) is 0 Å². The molecule has 0 spiro atoms. The highest BCUT2D eigenvalue weighted by Crippen LogP contribution is 2.22. The molecule has 1 rings (SSSR count). The molecule has 10 heavy (non-hydrogen) atoms. The first-order chi connectivity index (χ1) is 4.76. The Hall–Kier alpha value is -0.0800. The van der Waals surface area contributed by atoms with Crippen LogP contribution in [0.15, 0.2) is 0 Å². The van der Waals surface area contributed by atoms with Gasteiger partial charge in [0.2, 0.25) is 0 Å². The molecule has 0 atom stereocenters.